The van der Waals surface area contributed by atoms with Gasteiger partial charge in [0.2, 0.25) is 0 Å². The molecule has 0 saturated carbocycles. The maximum atomic E-state index is 8.57. The first-order valence-corrected chi connectivity index (χ1v) is 6.02. The van der Waals surface area contributed by atoms with E-state index >= 15 is 0 Å². The summed E-state index contributed by atoms with van der Waals surface area (Å²) in [4.78, 5) is 0. The minimum Gasteiger partial charge on any atom is -0.396 e. The number of aliphatic hydroxyl groups is 1. The largest absolute Gasteiger partial charge is 0.396 e. The van der Waals surface area contributed by atoms with Crippen molar-refractivity contribution >= 4 is 17.0 Å². The molecule has 0 aliphatic carbocycles. The van der Waals surface area contributed by atoms with Crippen LogP contribution in [0.25, 0.3) is 0 Å². The summed E-state index contributed by atoms with van der Waals surface area (Å²) in [6, 6.07) is 0. The number of unbranched alkanes of at least 4 members (excludes halogenated alkanes) is 9. The molecule has 0 atom stereocenters. The van der Waals surface area contributed by atoms with Gasteiger partial charge in [-0.25, -0.2) is 0 Å². The highest BCUT2D eigenvalue weighted by Gasteiger charge is 1.91. The maximum absolute atomic E-state index is 8.57. The van der Waals surface area contributed by atoms with Gasteiger partial charge in [0.15, 0.2) is 0 Å². The van der Waals surface area contributed by atoms with Crippen molar-refractivity contribution in [1.82, 2.24) is 0 Å². The molecule has 0 fully saturated rings. The van der Waals surface area contributed by atoms with Gasteiger partial charge in [0.1, 0.15) is 0 Å². The number of rotatable bonds is 10. The smallest absolute Gasteiger partial charge is 0.0431 e. The van der Waals surface area contributed by atoms with Crippen LogP contribution in [0, 0.1) is 0 Å². The Morgan fingerprint density at radius 1 is 0.643 bits per heavy atom. The summed E-state index contributed by atoms with van der Waals surface area (Å²) < 4.78 is 0. The topological polar surface area (TPSA) is 20.2 Å². The van der Waals surface area contributed by atoms with E-state index in [-0.39, 0.29) is 17.0 Å². The van der Waals surface area contributed by atoms with Crippen LogP contribution in [0.5, 0.6) is 0 Å². The SMILES string of the molecule is Br.CCCCCCCCCCCCO. The molecule has 0 amide bonds. The van der Waals surface area contributed by atoms with Gasteiger partial charge in [0.25, 0.3) is 0 Å². The van der Waals surface area contributed by atoms with Crippen LogP contribution in [0.4, 0.5) is 0 Å². The summed E-state index contributed by atoms with van der Waals surface area (Å²) in [5, 5.41) is 8.57. The van der Waals surface area contributed by atoms with Crippen molar-refractivity contribution in [2.24, 2.45) is 0 Å². The van der Waals surface area contributed by atoms with E-state index in [2.05, 4.69) is 6.92 Å². The van der Waals surface area contributed by atoms with Gasteiger partial charge in [-0.1, -0.05) is 64.7 Å². The van der Waals surface area contributed by atoms with E-state index in [9.17, 15) is 0 Å². The zero-order valence-corrected chi connectivity index (χ0v) is 11.3. The molecule has 0 aromatic rings. The van der Waals surface area contributed by atoms with Gasteiger partial charge in [0, 0.05) is 6.61 Å². The molecule has 1 N–H and O–H groups in total. The van der Waals surface area contributed by atoms with Gasteiger partial charge < -0.3 is 5.11 Å². The standard InChI is InChI=1S/C12H26O.BrH/c1-2-3-4-5-6-7-8-9-10-11-12-13;/h13H,2-12H2,1H3;1H. The highest BCUT2D eigenvalue weighted by Crippen LogP contribution is 2.09. The Kier molecular flexibility index (Phi) is 19.1. The minimum absolute atomic E-state index is 0. The second-order valence-electron chi connectivity index (χ2n) is 3.91. The van der Waals surface area contributed by atoms with Crippen LogP contribution >= 0.6 is 17.0 Å². The average molecular weight is 267 g/mol. The summed E-state index contributed by atoms with van der Waals surface area (Å²) in [6.07, 6.45) is 13.3. The molecule has 0 bridgehead atoms. The van der Waals surface area contributed by atoms with Crippen molar-refractivity contribution in [3.05, 3.63) is 0 Å². The fourth-order valence-corrected chi connectivity index (χ4v) is 1.60. The number of hydrogen-bond donors (Lipinski definition) is 1. The Balaban J connectivity index is 0. The highest BCUT2D eigenvalue weighted by molar-refractivity contribution is 8.93. The molecule has 0 rings (SSSR count). The molecule has 0 radical (unpaired) electrons. The van der Waals surface area contributed by atoms with Crippen LogP contribution in [0.15, 0.2) is 0 Å². The van der Waals surface area contributed by atoms with Crippen molar-refractivity contribution < 1.29 is 5.11 Å². The van der Waals surface area contributed by atoms with Crippen molar-refractivity contribution in [1.29, 1.82) is 0 Å². The lowest BCUT2D eigenvalue weighted by Gasteiger charge is -2.00. The molecule has 0 aliphatic rings. The lowest BCUT2D eigenvalue weighted by atomic mass is 10.1. The van der Waals surface area contributed by atoms with E-state index in [1.54, 1.807) is 0 Å². The minimum atomic E-state index is 0. The van der Waals surface area contributed by atoms with Gasteiger partial charge in [0.05, 0.1) is 0 Å². The van der Waals surface area contributed by atoms with Crippen LogP contribution in [-0.4, -0.2) is 11.7 Å². The second kappa shape index (κ2) is 15.9. The van der Waals surface area contributed by atoms with E-state index in [0.29, 0.717) is 6.61 Å². The van der Waals surface area contributed by atoms with Crippen LogP contribution < -0.4 is 0 Å². The first kappa shape index (κ1) is 16.9. The maximum Gasteiger partial charge on any atom is 0.0431 e. The number of aliphatic hydroxyl groups excluding tert-OH is 1. The Hall–Kier alpha value is 0.440. The molecule has 14 heavy (non-hydrogen) atoms. The molecule has 0 aromatic carbocycles. The van der Waals surface area contributed by atoms with E-state index in [1.807, 2.05) is 0 Å². The van der Waals surface area contributed by atoms with Crippen molar-refractivity contribution in [2.45, 2.75) is 71.1 Å². The summed E-state index contributed by atoms with van der Waals surface area (Å²) in [7, 11) is 0. The summed E-state index contributed by atoms with van der Waals surface area (Å²) in [5.41, 5.74) is 0. The molecular formula is C12H27BrO. The molecule has 0 unspecified atom stereocenters. The van der Waals surface area contributed by atoms with Gasteiger partial charge in [-0.3, -0.25) is 0 Å². The highest BCUT2D eigenvalue weighted by atomic mass is 79.9. The predicted octanol–water partition coefficient (Wildman–Crippen LogP) is 4.48. The Bertz CT molecular complexity index is 76.4. The van der Waals surface area contributed by atoms with Gasteiger partial charge in [-0.05, 0) is 6.42 Å². The van der Waals surface area contributed by atoms with Crippen molar-refractivity contribution in [2.75, 3.05) is 6.61 Å². The van der Waals surface area contributed by atoms with E-state index in [0.717, 1.165) is 6.42 Å². The summed E-state index contributed by atoms with van der Waals surface area (Å²) >= 11 is 0. The second-order valence-corrected chi connectivity index (χ2v) is 3.91. The van der Waals surface area contributed by atoms with Crippen LogP contribution in [0.2, 0.25) is 0 Å². The molecule has 0 saturated heterocycles. The Morgan fingerprint density at radius 3 is 1.36 bits per heavy atom. The average Bonchev–Trinajstić information content (AvgIpc) is 2.16. The fourth-order valence-electron chi connectivity index (χ4n) is 1.60. The van der Waals surface area contributed by atoms with E-state index in [4.69, 9.17) is 5.11 Å². The summed E-state index contributed by atoms with van der Waals surface area (Å²) in [6.45, 7) is 2.63. The van der Waals surface area contributed by atoms with Crippen molar-refractivity contribution in [3.8, 4) is 0 Å². The molecule has 88 valence electrons. The number of halogens is 1. The molecule has 0 aliphatic heterocycles. The lowest BCUT2D eigenvalue weighted by molar-refractivity contribution is 0.282. The zero-order valence-electron chi connectivity index (χ0n) is 9.63. The third-order valence-corrected chi connectivity index (χ3v) is 2.51. The van der Waals surface area contributed by atoms with Crippen molar-refractivity contribution in [3.63, 3.8) is 0 Å². The Morgan fingerprint density at radius 2 is 1.00 bits per heavy atom. The normalized spacial score (nSPS) is 9.86. The van der Waals surface area contributed by atoms with E-state index < -0.39 is 0 Å². The Labute approximate surface area is 100 Å². The third kappa shape index (κ3) is 14.9. The van der Waals surface area contributed by atoms with Crippen LogP contribution in [-0.2, 0) is 0 Å². The van der Waals surface area contributed by atoms with Gasteiger partial charge in [-0.2, -0.15) is 0 Å². The van der Waals surface area contributed by atoms with E-state index in [1.165, 1.54) is 57.8 Å². The zero-order chi connectivity index (χ0) is 9.78. The summed E-state index contributed by atoms with van der Waals surface area (Å²) in [5.74, 6) is 0. The molecule has 1 nitrogen and oxygen atoms in total. The molecule has 0 heterocycles. The molecule has 2 heteroatoms. The van der Waals surface area contributed by atoms with Crippen LogP contribution in [0.3, 0.4) is 0 Å². The lowest BCUT2D eigenvalue weighted by Crippen LogP contribution is -1.84. The quantitative estimate of drug-likeness (QED) is 0.579. The number of hydrogen-bond acceptors (Lipinski definition) is 1. The molecule has 0 aromatic heterocycles. The first-order valence-electron chi connectivity index (χ1n) is 6.02. The van der Waals surface area contributed by atoms with Crippen LogP contribution in [0.1, 0.15) is 71.1 Å². The molecular weight excluding hydrogens is 240 g/mol. The first-order chi connectivity index (χ1) is 6.41. The predicted molar refractivity (Wildman–Crippen MR) is 69.3 cm³/mol. The van der Waals surface area contributed by atoms with Gasteiger partial charge in [-0.15, -0.1) is 17.0 Å². The monoisotopic (exact) mass is 266 g/mol. The molecule has 0 spiro atoms. The third-order valence-electron chi connectivity index (χ3n) is 2.51. The van der Waals surface area contributed by atoms with Gasteiger partial charge >= 0.3 is 0 Å². The fraction of sp³-hybridized carbons (Fsp3) is 1.00.